The lowest BCUT2D eigenvalue weighted by Gasteiger charge is -2.25. The maximum absolute atomic E-state index is 13.1. The molecule has 0 aliphatic carbocycles. The molecule has 1 unspecified atom stereocenters. The third kappa shape index (κ3) is 5.37. The molecule has 1 saturated heterocycles. The van der Waals surface area contributed by atoms with Crippen molar-refractivity contribution in [2.45, 2.75) is 25.8 Å². The molecule has 1 aliphatic heterocycles. The number of rotatable bonds is 10. The molecule has 2 aromatic carbocycles. The van der Waals surface area contributed by atoms with E-state index >= 15 is 0 Å². The number of ether oxygens (including phenoxy) is 2. The minimum Gasteiger partial charge on any atom is -0.507 e. The van der Waals surface area contributed by atoms with Crippen molar-refractivity contribution in [3.63, 3.8) is 0 Å². The van der Waals surface area contributed by atoms with Crippen LogP contribution in [0.4, 0.5) is 5.69 Å². The van der Waals surface area contributed by atoms with Crippen molar-refractivity contribution in [1.29, 1.82) is 0 Å². The zero-order valence-electron chi connectivity index (χ0n) is 19.7. The third-order valence-electron chi connectivity index (χ3n) is 5.68. The summed E-state index contributed by atoms with van der Waals surface area (Å²) in [5.41, 5.74) is 2.24. The van der Waals surface area contributed by atoms with Crippen LogP contribution in [0.1, 0.15) is 36.9 Å². The largest absolute Gasteiger partial charge is 0.507 e. The second kappa shape index (κ2) is 11.0. The Morgan fingerprint density at radius 1 is 1.09 bits per heavy atom. The normalized spacial score (nSPS) is 17.5. The summed E-state index contributed by atoms with van der Waals surface area (Å²) in [7, 11) is 5.42. The molecule has 1 fully saturated rings. The standard InChI is InChI=1S/C26H32N2O5/c1-5-6-15-33-21-9-7-8-19(17-21)24(29)22-23(18-10-12-20(13-11-18)27(2)3)28(14-16-32-4)26(31)25(22)30/h7-13,17,23,29H,5-6,14-16H2,1-4H3. The summed E-state index contributed by atoms with van der Waals surface area (Å²) in [6.07, 6.45) is 1.93. The van der Waals surface area contributed by atoms with Crippen molar-refractivity contribution in [1.82, 2.24) is 4.90 Å². The van der Waals surface area contributed by atoms with Gasteiger partial charge in [0.05, 0.1) is 24.8 Å². The van der Waals surface area contributed by atoms with Gasteiger partial charge in [0.15, 0.2) is 0 Å². The van der Waals surface area contributed by atoms with E-state index in [1.807, 2.05) is 43.3 Å². The summed E-state index contributed by atoms with van der Waals surface area (Å²) in [5.74, 6) is -0.961. The van der Waals surface area contributed by atoms with Crippen molar-refractivity contribution >= 4 is 23.1 Å². The van der Waals surface area contributed by atoms with Gasteiger partial charge in [-0.1, -0.05) is 37.6 Å². The highest BCUT2D eigenvalue weighted by Crippen LogP contribution is 2.40. The first-order valence-electron chi connectivity index (χ1n) is 11.2. The molecule has 0 spiro atoms. The average molecular weight is 453 g/mol. The van der Waals surface area contributed by atoms with E-state index in [1.165, 1.54) is 4.90 Å². The van der Waals surface area contributed by atoms with Crippen LogP contribution in [0.25, 0.3) is 5.76 Å². The molecule has 1 amide bonds. The Balaban J connectivity index is 2.06. The van der Waals surface area contributed by atoms with Crippen LogP contribution in [0.2, 0.25) is 0 Å². The van der Waals surface area contributed by atoms with Crippen LogP contribution in [-0.4, -0.2) is 62.7 Å². The third-order valence-corrected chi connectivity index (χ3v) is 5.68. The fraction of sp³-hybridized carbons (Fsp3) is 0.385. The molecule has 1 N–H and O–H groups in total. The lowest BCUT2D eigenvalue weighted by atomic mass is 9.95. The van der Waals surface area contributed by atoms with Gasteiger partial charge in [-0.05, 0) is 36.2 Å². The molecule has 7 nitrogen and oxygen atoms in total. The number of nitrogens with zero attached hydrogens (tertiary/aromatic N) is 2. The number of anilines is 1. The van der Waals surface area contributed by atoms with Crippen LogP contribution >= 0.6 is 0 Å². The Morgan fingerprint density at radius 2 is 1.82 bits per heavy atom. The van der Waals surface area contributed by atoms with E-state index in [4.69, 9.17) is 9.47 Å². The highest BCUT2D eigenvalue weighted by molar-refractivity contribution is 6.46. The van der Waals surface area contributed by atoms with Gasteiger partial charge in [-0.3, -0.25) is 9.59 Å². The lowest BCUT2D eigenvalue weighted by molar-refractivity contribution is -0.140. The van der Waals surface area contributed by atoms with E-state index < -0.39 is 17.7 Å². The molecule has 176 valence electrons. The van der Waals surface area contributed by atoms with Gasteiger partial charge < -0.3 is 24.4 Å². The molecule has 1 aliphatic rings. The number of likely N-dealkylation sites (tertiary alicyclic amines) is 1. The Hall–Kier alpha value is -3.32. The van der Waals surface area contributed by atoms with Gasteiger partial charge in [0.2, 0.25) is 0 Å². The van der Waals surface area contributed by atoms with Crippen LogP contribution in [0.3, 0.4) is 0 Å². The molecule has 33 heavy (non-hydrogen) atoms. The van der Waals surface area contributed by atoms with Gasteiger partial charge in [-0.15, -0.1) is 0 Å². The van der Waals surface area contributed by atoms with Crippen molar-refractivity contribution in [2.24, 2.45) is 0 Å². The maximum Gasteiger partial charge on any atom is 0.295 e. The molecule has 2 aromatic rings. The lowest BCUT2D eigenvalue weighted by Crippen LogP contribution is -2.32. The predicted molar refractivity (Wildman–Crippen MR) is 128 cm³/mol. The highest BCUT2D eigenvalue weighted by atomic mass is 16.5. The molecular formula is C26H32N2O5. The fourth-order valence-corrected chi connectivity index (χ4v) is 3.82. The van der Waals surface area contributed by atoms with Gasteiger partial charge in [0.25, 0.3) is 11.7 Å². The van der Waals surface area contributed by atoms with Crippen LogP contribution in [0, 0.1) is 0 Å². The highest BCUT2D eigenvalue weighted by Gasteiger charge is 2.45. The monoisotopic (exact) mass is 452 g/mol. The number of unbranched alkanes of at least 4 members (excludes halogenated alkanes) is 1. The Bertz CT molecular complexity index is 1010. The zero-order valence-corrected chi connectivity index (χ0v) is 19.7. The minimum absolute atomic E-state index is 0.0689. The molecular weight excluding hydrogens is 420 g/mol. The quantitative estimate of drug-likeness (QED) is 0.254. The van der Waals surface area contributed by atoms with Crippen molar-refractivity contribution in [3.05, 3.63) is 65.2 Å². The van der Waals surface area contributed by atoms with Crippen molar-refractivity contribution in [3.8, 4) is 5.75 Å². The molecule has 1 heterocycles. The van der Waals surface area contributed by atoms with Crippen molar-refractivity contribution in [2.75, 3.05) is 45.9 Å². The summed E-state index contributed by atoms with van der Waals surface area (Å²) < 4.78 is 10.9. The SMILES string of the molecule is CCCCOc1cccc(C(O)=C2C(=O)C(=O)N(CCOC)C2c2ccc(N(C)C)cc2)c1. The van der Waals surface area contributed by atoms with E-state index in [0.717, 1.165) is 24.1 Å². The molecule has 0 saturated carbocycles. The van der Waals surface area contributed by atoms with Crippen LogP contribution < -0.4 is 9.64 Å². The number of hydrogen-bond donors (Lipinski definition) is 1. The van der Waals surface area contributed by atoms with E-state index in [2.05, 4.69) is 6.92 Å². The first kappa shape index (κ1) is 24.3. The summed E-state index contributed by atoms with van der Waals surface area (Å²) >= 11 is 0. The van der Waals surface area contributed by atoms with Gasteiger partial charge in [-0.2, -0.15) is 0 Å². The topological polar surface area (TPSA) is 79.3 Å². The first-order chi connectivity index (χ1) is 15.9. The van der Waals surface area contributed by atoms with Gasteiger partial charge in [0.1, 0.15) is 11.5 Å². The van der Waals surface area contributed by atoms with Crippen LogP contribution in [-0.2, 0) is 14.3 Å². The number of benzene rings is 2. The fourth-order valence-electron chi connectivity index (χ4n) is 3.82. The van der Waals surface area contributed by atoms with E-state index in [9.17, 15) is 14.7 Å². The summed E-state index contributed by atoms with van der Waals surface area (Å²) in [6.45, 7) is 3.16. The summed E-state index contributed by atoms with van der Waals surface area (Å²) in [6, 6.07) is 13.9. The second-order valence-corrected chi connectivity index (χ2v) is 8.20. The van der Waals surface area contributed by atoms with E-state index in [-0.39, 0.29) is 24.5 Å². The number of methoxy groups -OCH3 is 1. The van der Waals surface area contributed by atoms with E-state index in [1.54, 1.807) is 31.4 Å². The van der Waals surface area contributed by atoms with Gasteiger partial charge >= 0.3 is 0 Å². The number of hydrogen-bond acceptors (Lipinski definition) is 6. The number of amides is 1. The average Bonchev–Trinajstić information content (AvgIpc) is 3.07. The van der Waals surface area contributed by atoms with E-state index in [0.29, 0.717) is 17.9 Å². The van der Waals surface area contributed by atoms with Gasteiger partial charge in [-0.25, -0.2) is 0 Å². The molecule has 0 radical (unpaired) electrons. The first-order valence-corrected chi connectivity index (χ1v) is 11.2. The Kier molecular flexibility index (Phi) is 8.11. The molecule has 0 aromatic heterocycles. The summed E-state index contributed by atoms with van der Waals surface area (Å²) in [5, 5.41) is 11.2. The van der Waals surface area contributed by atoms with Gasteiger partial charge in [0, 0.05) is 39.0 Å². The minimum atomic E-state index is -0.707. The number of ketones is 1. The second-order valence-electron chi connectivity index (χ2n) is 8.20. The zero-order chi connectivity index (χ0) is 24.0. The number of carbonyl (C=O) groups excluding carboxylic acids is 2. The molecule has 0 bridgehead atoms. The number of aliphatic hydroxyl groups is 1. The summed E-state index contributed by atoms with van der Waals surface area (Å²) in [4.78, 5) is 29.4. The smallest absolute Gasteiger partial charge is 0.295 e. The molecule has 7 heteroatoms. The van der Waals surface area contributed by atoms with Crippen LogP contribution in [0.5, 0.6) is 5.75 Å². The Morgan fingerprint density at radius 3 is 2.45 bits per heavy atom. The van der Waals surface area contributed by atoms with Crippen LogP contribution in [0.15, 0.2) is 54.1 Å². The molecule has 1 atom stereocenters. The number of Topliss-reactive ketones (excluding diaryl/α,β-unsaturated/α-hetero) is 1. The maximum atomic E-state index is 13.1. The molecule has 3 rings (SSSR count). The number of aliphatic hydroxyl groups excluding tert-OH is 1. The Labute approximate surface area is 195 Å². The number of carbonyl (C=O) groups is 2. The van der Waals surface area contributed by atoms with Crippen molar-refractivity contribution < 1.29 is 24.2 Å². The predicted octanol–water partition coefficient (Wildman–Crippen LogP) is 4.00.